The maximum atomic E-state index is 12.9. The monoisotopic (exact) mass is 350 g/mol. The number of carbonyl (C=O) groups excluding carboxylic acids is 2. The Morgan fingerprint density at radius 1 is 1.12 bits per heavy atom. The Morgan fingerprint density at radius 2 is 1.79 bits per heavy atom. The summed E-state index contributed by atoms with van der Waals surface area (Å²) in [4.78, 5) is 24.5. The molecular formula is C19H27ClN2O2. The van der Waals surface area contributed by atoms with Gasteiger partial charge in [0.05, 0.1) is 5.41 Å². The molecule has 4 nitrogen and oxygen atoms in total. The van der Waals surface area contributed by atoms with Crippen LogP contribution in [0.2, 0.25) is 5.02 Å². The van der Waals surface area contributed by atoms with Crippen LogP contribution in [0.5, 0.6) is 0 Å². The first kappa shape index (κ1) is 18.8. The lowest BCUT2D eigenvalue weighted by molar-refractivity contribution is -0.128. The summed E-state index contributed by atoms with van der Waals surface area (Å²) in [5.41, 5.74) is 0.504. The van der Waals surface area contributed by atoms with Crippen molar-refractivity contribution in [3.8, 4) is 0 Å². The summed E-state index contributed by atoms with van der Waals surface area (Å²) in [5.74, 6) is 0.00609. The molecule has 1 aliphatic carbocycles. The fraction of sp³-hybridized carbons (Fsp3) is 0.579. The van der Waals surface area contributed by atoms with E-state index in [1.54, 1.807) is 0 Å². The molecule has 5 heteroatoms. The van der Waals surface area contributed by atoms with Gasteiger partial charge in [0.1, 0.15) is 0 Å². The molecule has 24 heavy (non-hydrogen) atoms. The number of benzene rings is 1. The molecule has 0 spiro atoms. The van der Waals surface area contributed by atoms with E-state index < -0.39 is 5.41 Å². The smallest absolute Gasteiger partial charge is 0.230 e. The van der Waals surface area contributed by atoms with E-state index in [9.17, 15) is 9.59 Å². The second-order valence-corrected chi connectivity index (χ2v) is 7.29. The number of nitrogens with one attached hydrogen (secondary N) is 2. The van der Waals surface area contributed by atoms with Gasteiger partial charge in [-0.3, -0.25) is 9.59 Å². The van der Waals surface area contributed by atoms with Gasteiger partial charge >= 0.3 is 0 Å². The fourth-order valence-electron chi connectivity index (χ4n) is 3.32. The van der Waals surface area contributed by atoms with Crippen molar-refractivity contribution in [2.75, 3.05) is 13.1 Å². The minimum atomic E-state index is -0.495. The summed E-state index contributed by atoms with van der Waals surface area (Å²) in [6.07, 6.45) is 4.95. The van der Waals surface area contributed by atoms with Gasteiger partial charge in [-0.25, -0.2) is 0 Å². The standard InChI is InChI=1S/C19H27ClN2O2/c1-14(2)17(23)21-11-12-22-18(24)19(9-4-3-5-10-19)15-7-6-8-16(20)13-15/h6-8,13-14H,3-5,9-12H2,1-2H3,(H,21,23)(H,22,24). The van der Waals surface area contributed by atoms with Gasteiger partial charge in [0.2, 0.25) is 11.8 Å². The normalized spacial score (nSPS) is 16.7. The molecule has 0 saturated heterocycles. The van der Waals surface area contributed by atoms with E-state index in [1.165, 1.54) is 6.42 Å². The molecule has 2 rings (SSSR count). The van der Waals surface area contributed by atoms with Crippen LogP contribution in [0.3, 0.4) is 0 Å². The lowest BCUT2D eigenvalue weighted by Gasteiger charge is -2.36. The Morgan fingerprint density at radius 3 is 2.42 bits per heavy atom. The van der Waals surface area contributed by atoms with Crippen molar-refractivity contribution in [1.82, 2.24) is 10.6 Å². The van der Waals surface area contributed by atoms with Crippen molar-refractivity contribution in [1.29, 1.82) is 0 Å². The predicted octanol–water partition coefficient (Wildman–Crippen LogP) is 3.43. The molecule has 0 radical (unpaired) electrons. The van der Waals surface area contributed by atoms with Crippen LogP contribution in [-0.2, 0) is 15.0 Å². The third-order valence-electron chi connectivity index (χ3n) is 4.75. The van der Waals surface area contributed by atoms with Crippen LogP contribution in [-0.4, -0.2) is 24.9 Å². The zero-order valence-electron chi connectivity index (χ0n) is 14.5. The van der Waals surface area contributed by atoms with Crippen LogP contribution in [0, 0.1) is 5.92 Å². The molecule has 1 aromatic rings. The van der Waals surface area contributed by atoms with E-state index in [4.69, 9.17) is 11.6 Å². The van der Waals surface area contributed by atoms with Gasteiger partial charge < -0.3 is 10.6 Å². The molecule has 0 aromatic heterocycles. The highest BCUT2D eigenvalue weighted by Gasteiger charge is 2.40. The van der Waals surface area contributed by atoms with E-state index >= 15 is 0 Å². The summed E-state index contributed by atoms with van der Waals surface area (Å²) in [5, 5.41) is 6.50. The molecule has 0 bridgehead atoms. The molecule has 2 N–H and O–H groups in total. The molecule has 0 atom stereocenters. The van der Waals surface area contributed by atoms with Crippen LogP contribution >= 0.6 is 11.6 Å². The Labute approximate surface area is 149 Å². The average molecular weight is 351 g/mol. The Bertz CT molecular complexity index is 580. The maximum absolute atomic E-state index is 12.9. The lowest BCUT2D eigenvalue weighted by Crippen LogP contribution is -2.47. The second-order valence-electron chi connectivity index (χ2n) is 6.85. The lowest BCUT2D eigenvalue weighted by atomic mass is 9.68. The number of carbonyl (C=O) groups is 2. The molecule has 0 heterocycles. The van der Waals surface area contributed by atoms with E-state index in [-0.39, 0.29) is 17.7 Å². The predicted molar refractivity (Wildman–Crippen MR) is 97.1 cm³/mol. The van der Waals surface area contributed by atoms with Gasteiger partial charge in [0, 0.05) is 24.0 Å². The minimum absolute atomic E-state index is 0.00599. The molecule has 1 aliphatic rings. The molecule has 132 valence electrons. The van der Waals surface area contributed by atoms with Crippen molar-refractivity contribution < 1.29 is 9.59 Å². The van der Waals surface area contributed by atoms with E-state index in [0.29, 0.717) is 18.1 Å². The highest BCUT2D eigenvalue weighted by atomic mass is 35.5. The summed E-state index contributed by atoms with van der Waals surface area (Å²) < 4.78 is 0. The van der Waals surface area contributed by atoms with E-state index in [0.717, 1.165) is 31.2 Å². The van der Waals surface area contributed by atoms with E-state index in [1.807, 2.05) is 38.1 Å². The van der Waals surface area contributed by atoms with Gasteiger partial charge in [-0.05, 0) is 30.5 Å². The molecule has 0 unspecified atom stereocenters. The van der Waals surface area contributed by atoms with Crippen molar-refractivity contribution >= 4 is 23.4 Å². The van der Waals surface area contributed by atoms with Gasteiger partial charge in [0.25, 0.3) is 0 Å². The first-order valence-corrected chi connectivity index (χ1v) is 9.15. The SMILES string of the molecule is CC(C)C(=O)NCCNC(=O)C1(c2cccc(Cl)c2)CCCCC1. The largest absolute Gasteiger partial charge is 0.354 e. The van der Waals surface area contributed by atoms with Gasteiger partial charge in [-0.2, -0.15) is 0 Å². The first-order chi connectivity index (χ1) is 11.5. The van der Waals surface area contributed by atoms with Crippen molar-refractivity contribution in [3.05, 3.63) is 34.9 Å². The molecule has 0 aliphatic heterocycles. The Balaban J connectivity index is 2.02. The third kappa shape index (κ3) is 4.50. The summed E-state index contributed by atoms with van der Waals surface area (Å²) >= 11 is 6.14. The molecule has 1 saturated carbocycles. The van der Waals surface area contributed by atoms with Gasteiger partial charge in [0.15, 0.2) is 0 Å². The van der Waals surface area contributed by atoms with Crippen LogP contribution < -0.4 is 10.6 Å². The van der Waals surface area contributed by atoms with Crippen molar-refractivity contribution in [2.45, 2.75) is 51.4 Å². The van der Waals surface area contributed by atoms with Crippen LogP contribution in [0.15, 0.2) is 24.3 Å². The number of amides is 2. The van der Waals surface area contributed by atoms with Crippen molar-refractivity contribution in [3.63, 3.8) is 0 Å². The zero-order valence-corrected chi connectivity index (χ0v) is 15.3. The topological polar surface area (TPSA) is 58.2 Å². The quantitative estimate of drug-likeness (QED) is 0.772. The first-order valence-electron chi connectivity index (χ1n) is 8.78. The van der Waals surface area contributed by atoms with Crippen LogP contribution in [0.4, 0.5) is 0 Å². The maximum Gasteiger partial charge on any atom is 0.230 e. The number of hydrogen-bond acceptors (Lipinski definition) is 2. The molecule has 1 aromatic carbocycles. The number of rotatable bonds is 6. The van der Waals surface area contributed by atoms with Crippen LogP contribution in [0.25, 0.3) is 0 Å². The van der Waals surface area contributed by atoms with Gasteiger partial charge in [-0.1, -0.05) is 56.8 Å². The number of hydrogen-bond donors (Lipinski definition) is 2. The summed E-state index contributed by atoms with van der Waals surface area (Å²) in [7, 11) is 0. The second kappa shape index (κ2) is 8.52. The Hall–Kier alpha value is -1.55. The third-order valence-corrected chi connectivity index (χ3v) is 4.99. The Kier molecular flexibility index (Phi) is 6.67. The summed E-state index contributed by atoms with van der Waals surface area (Å²) in [6, 6.07) is 7.65. The molecular weight excluding hydrogens is 324 g/mol. The molecule has 1 fully saturated rings. The molecule has 2 amide bonds. The van der Waals surface area contributed by atoms with Gasteiger partial charge in [-0.15, -0.1) is 0 Å². The van der Waals surface area contributed by atoms with Crippen molar-refractivity contribution in [2.24, 2.45) is 5.92 Å². The fourth-order valence-corrected chi connectivity index (χ4v) is 3.51. The summed E-state index contributed by atoms with van der Waals surface area (Å²) in [6.45, 7) is 4.60. The average Bonchev–Trinajstić information content (AvgIpc) is 2.58. The van der Waals surface area contributed by atoms with E-state index in [2.05, 4.69) is 10.6 Å². The highest BCUT2D eigenvalue weighted by Crippen LogP contribution is 2.40. The number of halogens is 1. The van der Waals surface area contributed by atoms with Crippen LogP contribution in [0.1, 0.15) is 51.5 Å². The minimum Gasteiger partial charge on any atom is -0.354 e. The zero-order chi connectivity index (χ0) is 17.6. The highest BCUT2D eigenvalue weighted by molar-refractivity contribution is 6.30.